The van der Waals surface area contributed by atoms with Crippen LogP contribution in [-0.4, -0.2) is 55.9 Å². The van der Waals surface area contributed by atoms with Crippen molar-refractivity contribution in [3.8, 4) is 0 Å². The van der Waals surface area contributed by atoms with Crippen molar-refractivity contribution < 1.29 is 24.2 Å². The number of rotatable bonds is 11. The molecule has 2 N–H and O–H groups in total. The van der Waals surface area contributed by atoms with E-state index in [1.807, 2.05) is 6.92 Å². The number of aliphatic hydroxyl groups excluding tert-OH is 1. The second kappa shape index (κ2) is 11.6. The number of ether oxygens (including phenoxy) is 2. The third kappa shape index (κ3) is 7.87. The summed E-state index contributed by atoms with van der Waals surface area (Å²) in [6.07, 6.45) is 4.50. The topological polar surface area (TPSA) is 84.9 Å². The number of carbonyl (C=O) groups is 2. The highest BCUT2D eigenvalue weighted by molar-refractivity contribution is 5.80. The second-order valence-corrected chi connectivity index (χ2v) is 5.63. The molecule has 0 spiro atoms. The summed E-state index contributed by atoms with van der Waals surface area (Å²) < 4.78 is 10.3. The lowest BCUT2D eigenvalue weighted by molar-refractivity contribution is -0.124. The molecule has 6 heteroatoms. The van der Waals surface area contributed by atoms with Gasteiger partial charge in [0.1, 0.15) is 5.78 Å². The average molecular weight is 315 g/mol. The van der Waals surface area contributed by atoms with Gasteiger partial charge in [-0.05, 0) is 25.7 Å². The van der Waals surface area contributed by atoms with Crippen LogP contribution in [0.5, 0.6) is 0 Å². The number of hydrogen-bond donors (Lipinski definition) is 2. The fourth-order valence-electron chi connectivity index (χ4n) is 2.70. The Hall–Kier alpha value is -0.980. The lowest BCUT2D eigenvalue weighted by Gasteiger charge is -2.28. The van der Waals surface area contributed by atoms with E-state index in [2.05, 4.69) is 5.32 Å². The van der Waals surface area contributed by atoms with Crippen molar-refractivity contribution in [2.24, 2.45) is 5.92 Å². The van der Waals surface area contributed by atoms with Crippen LogP contribution in [0.3, 0.4) is 0 Å². The molecule has 1 rings (SSSR count). The molecule has 0 bridgehead atoms. The number of carbonyl (C=O) groups excluding carboxylic acids is 2. The summed E-state index contributed by atoms with van der Waals surface area (Å²) >= 11 is 0. The van der Waals surface area contributed by atoms with Crippen LogP contribution in [0.2, 0.25) is 0 Å². The van der Waals surface area contributed by atoms with Gasteiger partial charge < -0.3 is 19.9 Å². The summed E-state index contributed by atoms with van der Waals surface area (Å²) in [5, 5.41) is 11.5. The maximum Gasteiger partial charge on any atom is 0.222 e. The Labute approximate surface area is 132 Å². The smallest absolute Gasteiger partial charge is 0.222 e. The van der Waals surface area contributed by atoms with Gasteiger partial charge in [0.05, 0.1) is 33.0 Å². The van der Waals surface area contributed by atoms with Gasteiger partial charge in [-0.2, -0.15) is 0 Å². The van der Waals surface area contributed by atoms with E-state index in [9.17, 15) is 9.59 Å². The Bertz CT molecular complexity index is 326. The summed E-state index contributed by atoms with van der Waals surface area (Å²) in [7, 11) is 0. The first-order chi connectivity index (χ1) is 10.7. The lowest BCUT2D eigenvalue weighted by atomic mass is 9.83. The average Bonchev–Trinajstić information content (AvgIpc) is 2.54. The molecule has 1 saturated carbocycles. The molecule has 1 aliphatic carbocycles. The third-order valence-corrected chi connectivity index (χ3v) is 3.98. The van der Waals surface area contributed by atoms with Gasteiger partial charge in [-0.3, -0.25) is 9.59 Å². The minimum absolute atomic E-state index is 0.00143. The molecule has 0 aromatic rings. The highest BCUT2D eigenvalue weighted by Gasteiger charge is 2.25. The van der Waals surface area contributed by atoms with Gasteiger partial charge in [0.2, 0.25) is 5.91 Å². The zero-order valence-corrected chi connectivity index (χ0v) is 13.5. The van der Waals surface area contributed by atoms with Gasteiger partial charge in [0.15, 0.2) is 0 Å². The van der Waals surface area contributed by atoms with E-state index >= 15 is 0 Å². The molecule has 0 aromatic carbocycles. The van der Waals surface area contributed by atoms with Crippen LogP contribution in [0.15, 0.2) is 0 Å². The molecular formula is C16H29NO5. The monoisotopic (exact) mass is 315 g/mol. The number of aliphatic hydroxyl groups is 1. The van der Waals surface area contributed by atoms with Crippen molar-refractivity contribution in [1.29, 1.82) is 0 Å². The fraction of sp³-hybridized carbons (Fsp3) is 0.875. The Morgan fingerprint density at radius 3 is 2.27 bits per heavy atom. The van der Waals surface area contributed by atoms with E-state index in [0.29, 0.717) is 45.1 Å². The second-order valence-electron chi connectivity index (χ2n) is 5.63. The molecule has 0 radical (unpaired) electrons. The quantitative estimate of drug-likeness (QED) is 0.557. The van der Waals surface area contributed by atoms with E-state index in [0.717, 1.165) is 25.7 Å². The Morgan fingerprint density at radius 2 is 1.68 bits per heavy atom. The molecule has 1 amide bonds. The number of nitrogens with one attached hydrogen (secondary N) is 1. The summed E-state index contributed by atoms with van der Waals surface area (Å²) in [4.78, 5) is 23.4. The highest BCUT2D eigenvalue weighted by atomic mass is 16.5. The zero-order chi connectivity index (χ0) is 16.2. The van der Waals surface area contributed by atoms with Crippen LogP contribution in [0.25, 0.3) is 0 Å². The molecule has 6 nitrogen and oxygen atoms in total. The largest absolute Gasteiger partial charge is 0.394 e. The van der Waals surface area contributed by atoms with Crippen molar-refractivity contribution in [2.75, 3.05) is 33.0 Å². The molecule has 0 aromatic heterocycles. The van der Waals surface area contributed by atoms with E-state index in [1.54, 1.807) is 0 Å². The highest BCUT2D eigenvalue weighted by Crippen LogP contribution is 2.25. The van der Waals surface area contributed by atoms with Crippen LogP contribution < -0.4 is 5.32 Å². The van der Waals surface area contributed by atoms with Crippen LogP contribution in [0.1, 0.15) is 45.4 Å². The van der Waals surface area contributed by atoms with Gasteiger partial charge in [0.25, 0.3) is 0 Å². The third-order valence-electron chi connectivity index (χ3n) is 3.98. The maximum absolute atomic E-state index is 11.8. The summed E-state index contributed by atoms with van der Waals surface area (Å²) in [5.41, 5.74) is 0. The van der Waals surface area contributed by atoms with Crippen LogP contribution in [0, 0.1) is 5.92 Å². The van der Waals surface area contributed by atoms with E-state index < -0.39 is 0 Å². The number of hydrogen-bond acceptors (Lipinski definition) is 5. The SMILES string of the molecule is CCC(=O)C1CCC(NC(=O)CCOCCOCCO)CC1. The number of amides is 1. The molecule has 1 aliphatic rings. The van der Waals surface area contributed by atoms with Gasteiger partial charge in [-0.15, -0.1) is 0 Å². The van der Waals surface area contributed by atoms with E-state index in [4.69, 9.17) is 14.6 Å². The summed E-state index contributed by atoms with van der Waals surface area (Å²) in [6, 6.07) is 0.196. The number of Topliss-reactive ketones (excluding diaryl/α,β-unsaturated/α-hetero) is 1. The van der Waals surface area contributed by atoms with Gasteiger partial charge in [0, 0.05) is 24.8 Å². The Kier molecular flexibility index (Phi) is 10.0. The normalized spacial score (nSPS) is 21.5. The van der Waals surface area contributed by atoms with Crippen molar-refractivity contribution in [2.45, 2.75) is 51.5 Å². The molecular weight excluding hydrogens is 286 g/mol. The molecule has 0 unspecified atom stereocenters. The van der Waals surface area contributed by atoms with Gasteiger partial charge >= 0.3 is 0 Å². The van der Waals surface area contributed by atoms with Crippen molar-refractivity contribution in [1.82, 2.24) is 5.32 Å². The first kappa shape index (κ1) is 19.1. The van der Waals surface area contributed by atoms with Crippen LogP contribution >= 0.6 is 0 Å². The van der Waals surface area contributed by atoms with Gasteiger partial charge in [-0.25, -0.2) is 0 Å². The zero-order valence-electron chi connectivity index (χ0n) is 13.5. The van der Waals surface area contributed by atoms with Crippen molar-refractivity contribution >= 4 is 11.7 Å². The molecule has 128 valence electrons. The molecule has 0 atom stereocenters. The molecule has 0 aliphatic heterocycles. The number of ketones is 1. The van der Waals surface area contributed by atoms with Crippen molar-refractivity contribution in [3.05, 3.63) is 0 Å². The Morgan fingerprint density at radius 1 is 1.05 bits per heavy atom. The summed E-state index contributed by atoms with van der Waals surface area (Å²) in [5.74, 6) is 0.545. The first-order valence-electron chi connectivity index (χ1n) is 8.25. The van der Waals surface area contributed by atoms with Gasteiger partial charge in [-0.1, -0.05) is 6.92 Å². The Balaban J connectivity index is 2.03. The predicted octanol–water partition coefficient (Wildman–Crippen LogP) is 1.06. The van der Waals surface area contributed by atoms with Crippen LogP contribution in [0.4, 0.5) is 0 Å². The lowest BCUT2D eigenvalue weighted by Crippen LogP contribution is -2.39. The minimum Gasteiger partial charge on any atom is -0.394 e. The van der Waals surface area contributed by atoms with E-state index in [1.165, 1.54) is 0 Å². The fourth-order valence-corrected chi connectivity index (χ4v) is 2.70. The van der Waals surface area contributed by atoms with Crippen molar-refractivity contribution in [3.63, 3.8) is 0 Å². The van der Waals surface area contributed by atoms with E-state index in [-0.39, 0.29) is 24.5 Å². The standard InChI is InChI=1S/C16H29NO5/c1-2-15(19)13-3-5-14(6-4-13)17-16(20)7-9-21-11-12-22-10-8-18/h13-14,18H,2-12H2,1H3,(H,17,20). The molecule has 0 heterocycles. The van der Waals surface area contributed by atoms with Crippen LogP contribution in [-0.2, 0) is 19.1 Å². The minimum atomic E-state index is 0.00143. The first-order valence-corrected chi connectivity index (χ1v) is 8.25. The molecule has 22 heavy (non-hydrogen) atoms. The molecule has 0 saturated heterocycles. The maximum atomic E-state index is 11.8. The summed E-state index contributed by atoms with van der Waals surface area (Å²) in [6.45, 7) is 3.46. The predicted molar refractivity (Wildman–Crippen MR) is 82.5 cm³/mol. The molecule has 1 fully saturated rings.